The molecule has 4 aliphatic rings. The van der Waals surface area contributed by atoms with Crippen LogP contribution in [0.15, 0.2) is 97.1 Å². The van der Waals surface area contributed by atoms with Crippen molar-refractivity contribution in [1.82, 2.24) is 0 Å². The molecule has 2 fully saturated rings. The Morgan fingerprint density at radius 1 is 0.500 bits per heavy atom. The molecule has 0 bridgehead atoms. The third kappa shape index (κ3) is 9.12. The second-order valence-electron chi connectivity index (χ2n) is 23.3. The van der Waals surface area contributed by atoms with E-state index in [1.807, 2.05) is 55.4 Å². The van der Waals surface area contributed by atoms with Crippen LogP contribution in [-0.4, -0.2) is 36.4 Å². The Labute approximate surface area is 390 Å². The molecule has 2 aliphatic heterocycles. The van der Waals surface area contributed by atoms with Gasteiger partial charge < -0.3 is 18.6 Å². The van der Waals surface area contributed by atoms with Gasteiger partial charge in [0, 0.05) is 11.4 Å². The lowest BCUT2D eigenvalue weighted by Gasteiger charge is -2.32. The molecule has 6 aromatic rings. The van der Waals surface area contributed by atoms with Gasteiger partial charge in [-0.3, -0.25) is 0 Å². The largest absolute Gasteiger partial charge is 0.488 e. The zero-order valence-electron chi connectivity index (χ0n) is 41.2. The van der Waals surface area contributed by atoms with E-state index in [1.54, 1.807) is 0 Å². The summed E-state index contributed by atoms with van der Waals surface area (Å²) in [5.74, 6) is 0. The fourth-order valence-corrected chi connectivity index (χ4v) is 10.0. The fourth-order valence-electron chi connectivity index (χ4n) is 9.75. The van der Waals surface area contributed by atoms with E-state index in [2.05, 4.69) is 146 Å². The molecule has 4 nitrogen and oxygen atoms in total. The van der Waals surface area contributed by atoms with Gasteiger partial charge in [-0.15, -0.1) is 0 Å². The monoisotopic (exact) mass is 875 g/mol. The maximum Gasteiger partial charge on any atom is 0.488 e. The molecule has 0 unspecified atom stereocenters. The predicted molar refractivity (Wildman–Crippen MR) is 273 cm³/mol. The van der Waals surface area contributed by atoms with Crippen molar-refractivity contribution in [3.05, 3.63) is 141 Å². The lowest BCUT2D eigenvalue weighted by atomic mass is 9.49. The molecule has 0 N–H and O–H groups in total. The molecule has 0 saturated carbocycles. The van der Waals surface area contributed by atoms with Gasteiger partial charge in [-0.25, -0.2) is 0 Å². The molecule has 10 rings (SSSR count). The molecule has 0 spiro atoms. The topological polar surface area (TPSA) is 36.9 Å². The Kier molecular flexibility index (Phi) is 12.0. The Morgan fingerprint density at radius 2 is 0.875 bits per heavy atom. The second kappa shape index (κ2) is 16.5. The van der Waals surface area contributed by atoms with Gasteiger partial charge in [-0.1, -0.05) is 144 Å². The van der Waals surface area contributed by atoms with Gasteiger partial charge in [0.1, 0.15) is 0 Å². The molecule has 2 heterocycles. The molecule has 0 amide bonds. The van der Waals surface area contributed by atoms with Crippen molar-refractivity contribution in [3.63, 3.8) is 0 Å². The number of benzene rings is 6. The van der Waals surface area contributed by atoms with Crippen molar-refractivity contribution in [2.24, 2.45) is 10.8 Å². The van der Waals surface area contributed by atoms with Crippen molar-refractivity contribution < 1.29 is 18.6 Å². The van der Waals surface area contributed by atoms with E-state index in [0.29, 0.717) is 10.8 Å². The first-order valence-corrected chi connectivity index (χ1v) is 23.8. The molecule has 6 aromatic carbocycles. The minimum Gasteiger partial charge on any atom is -0.405 e. The number of hydrogen-bond donors (Lipinski definition) is 0. The highest BCUT2D eigenvalue weighted by molar-refractivity contribution is 7.11. The summed E-state index contributed by atoms with van der Waals surface area (Å²) < 4.78 is 23.8. The smallest absolute Gasteiger partial charge is 0.405 e. The first-order chi connectivity index (χ1) is 29.7. The maximum absolute atomic E-state index is 6.58. The summed E-state index contributed by atoms with van der Waals surface area (Å²) in [4.78, 5) is 0. The van der Waals surface area contributed by atoms with Crippen LogP contribution in [0.3, 0.4) is 0 Å². The number of hydrogen-bond acceptors (Lipinski definition) is 4. The molecule has 334 valence electrons. The molecule has 2 saturated heterocycles. The zero-order valence-corrected chi connectivity index (χ0v) is 42.0. The fraction of sp³-hybridized carbons (Fsp3) is 0.439. The molecule has 0 aromatic heterocycles. The standard InChI is InChI=1S/C23H24.C22H21Cl.C12H24B2O4/c1-15-11-17-7-5-6-8-19(17)22-20(15)13-18-10-9-16(12-21(18)22)14-23(2,3)4;1-22(2,3)13-14-8-9-16-11-19-20(23)12-15-6-4-5-7-17(15)21(19)18(16)10-14;1-9(2)10(3,4)16-13(15-9)14-17-11(5,6)12(7,8)18-14/h5-12H,13-14H2,1-4H3;4-10,12H,11,13H2,1-3H3;1-8H3. The van der Waals surface area contributed by atoms with Crippen molar-refractivity contribution in [2.75, 3.05) is 0 Å². The van der Waals surface area contributed by atoms with Crippen LogP contribution in [0.2, 0.25) is 5.02 Å². The average Bonchev–Trinajstić information content (AvgIpc) is 3.88. The lowest BCUT2D eigenvalue weighted by Crippen LogP contribution is -2.41. The Morgan fingerprint density at radius 3 is 1.30 bits per heavy atom. The third-order valence-electron chi connectivity index (χ3n) is 14.3. The van der Waals surface area contributed by atoms with Gasteiger partial charge in [-0.05, 0) is 181 Å². The Balaban J connectivity index is 0.000000133. The van der Waals surface area contributed by atoms with Crippen molar-refractivity contribution >= 4 is 47.2 Å². The summed E-state index contributed by atoms with van der Waals surface area (Å²) in [6, 6.07) is 35.9. The first kappa shape index (κ1) is 46.6. The quantitative estimate of drug-likeness (QED) is 0.166. The van der Waals surface area contributed by atoms with Crippen molar-refractivity contribution in [1.29, 1.82) is 0 Å². The van der Waals surface area contributed by atoms with Crippen LogP contribution in [0.25, 0.3) is 43.8 Å². The van der Waals surface area contributed by atoms with Gasteiger partial charge in [0.05, 0.1) is 22.4 Å². The van der Waals surface area contributed by atoms with Gasteiger partial charge in [-0.2, -0.15) is 0 Å². The van der Waals surface area contributed by atoms with Crippen LogP contribution in [0.1, 0.15) is 136 Å². The Hall–Kier alpha value is -3.90. The first-order valence-electron chi connectivity index (χ1n) is 23.4. The van der Waals surface area contributed by atoms with E-state index < -0.39 is 14.0 Å². The van der Waals surface area contributed by atoms with Gasteiger partial charge in [0.25, 0.3) is 0 Å². The highest BCUT2D eigenvalue weighted by Gasteiger charge is 2.63. The minimum absolute atomic E-state index is 0.298. The molecule has 7 heteroatoms. The van der Waals surface area contributed by atoms with E-state index in [9.17, 15) is 0 Å². The summed E-state index contributed by atoms with van der Waals surface area (Å²) in [7, 11) is -0.952. The van der Waals surface area contributed by atoms with E-state index >= 15 is 0 Å². The molecule has 0 atom stereocenters. The van der Waals surface area contributed by atoms with E-state index in [1.165, 1.54) is 82.7 Å². The maximum atomic E-state index is 6.58. The number of aryl methyl sites for hydroxylation is 1. The lowest BCUT2D eigenvalue weighted by molar-refractivity contribution is 0.00578. The number of fused-ring (bicyclic) bond motifs is 10. The highest BCUT2D eigenvalue weighted by atomic mass is 35.5. The van der Waals surface area contributed by atoms with E-state index in [-0.39, 0.29) is 22.4 Å². The van der Waals surface area contributed by atoms with Crippen LogP contribution < -0.4 is 0 Å². The molecular weight excluding hydrogens is 806 g/mol. The van der Waals surface area contributed by atoms with E-state index in [0.717, 1.165) is 30.7 Å². The summed E-state index contributed by atoms with van der Waals surface area (Å²) in [6.07, 6.45) is 4.24. The van der Waals surface area contributed by atoms with Crippen LogP contribution >= 0.6 is 11.6 Å². The molecular formula is C57H69B2ClO4. The Bertz CT molecular complexity index is 2530. The van der Waals surface area contributed by atoms with Gasteiger partial charge >= 0.3 is 14.0 Å². The summed E-state index contributed by atoms with van der Waals surface area (Å²) in [5, 5.41) is 6.20. The van der Waals surface area contributed by atoms with Crippen LogP contribution in [0, 0.1) is 17.8 Å². The van der Waals surface area contributed by atoms with Crippen LogP contribution in [0.4, 0.5) is 0 Å². The molecule has 64 heavy (non-hydrogen) atoms. The summed E-state index contributed by atoms with van der Waals surface area (Å²) in [5.41, 5.74) is 14.8. The summed E-state index contributed by atoms with van der Waals surface area (Å²) in [6.45, 7) is 32.3. The molecule has 2 aliphatic carbocycles. The van der Waals surface area contributed by atoms with Crippen LogP contribution in [-0.2, 0) is 44.3 Å². The number of halogens is 1. The summed E-state index contributed by atoms with van der Waals surface area (Å²) >= 11 is 6.58. The average molecular weight is 875 g/mol. The van der Waals surface area contributed by atoms with Gasteiger partial charge in [0.15, 0.2) is 0 Å². The highest BCUT2D eigenvalue weighted by Crippen LogP contribution is 2.47. The van der Waals surface area contributed by atoms with E-state index in [4.69, 9.17) is 30.2 Å². The third-order valence-corrected chi connectivity index (χ3v) is 14.7. The zero-order chi connectivity index (χ0) is 46.4. The van der Waals surface area contributed by atoms with Crippen molar-refractivity contribution in [2.45, 2.75) is 152 Å². The minimum atomic E-state index is -0.476. The van der Waals surface area contributed by atoms with Gasteiger partial charge in [0.2, 0.25) is 0 Å². The molecule has 0 radical (unpaired) electrons. The van der Waals surface area contributed by atoms with Crippen molar-refractivity contribution in [3.8, 4) is 22.3 Å². The second-order valence-corrected chi connectivity index (χ2v) is 23.7. The predicted octanol–water partition coefficient (Wildman–Crippen LogP) is 15.2. The number of rotatable bonds is 3. The SMILES string of the molecule is CC(C)(C)Cc1ccc2c(c1)-c1c(c(Cl)cc3ccccc13)C2.CC1(C)OB(B2OC(C)(C)C(C)(C)O2)OC1(C)C.Cc1cc2ccccc2c2c1Cc1ccc(CC(C)(C)C)cc1-2. The normalized spacial score (nSPS) is 18.5. The van der Waals surface area contributed by atoms with Crippen LogP contribution in [0.5, 0.6) is 0 Å².